The number of carboxylic acids is 1. The van der Waals surface area contributed by atoms with Crippen molar-refractivity contribution in [2.24, 2.45) is 23.2 Å². The molecule has 1 aromatic carbocycles. The number of rotatable bonds is 16. The van der Waals surface area contributed by atoms with Crippen molar-refractivity contribution in [2.45, 2.75) is 122 Å². The molecule has 6 atom stereocenters. The smallest absolute Gasteiger partial charge is 0.306 e. The Kier molecular flexibility index (Phi) is 12.0. The molecular formula is C37H57N5O6. The quantitative estimate of drug-likeness (QED) is 0.211. The van der Waals surface area contributed by atoms with Crippen LogP contribution in [0.15, 0.2) is 30.3 Å². The van der Waals surface area contributed by atoms with E-state index in [0.717, 1.165) is 31.4 Å². The van der Waals surface area contributed by atoms with Gasteiger partial charge in [0.05, 0.1) is 17.4 Å². The molecule has 266 valence electrons. The van der Waals surface area contributed by atoms with Crippen LogP contribution in [0.5, 0.6) is 0 Å². The summed E-state index contributed by atoms with van der Waals surface area (Å²) in [5.74, 6) is -2.58. The highest BCUT2D eigenvalue weighted by Crippen LogP contribution is 2.67. The van der Waals surface area contributed by atoms with Crippen LogP contribution < -0.4 is 16.0 Å². The largest absolute Gasteiger partial charge is 0.481 e. The van der Waals surface area contributed by atoms with Crippen molar-refractivity contribution < 1.29 is 29.1 Å². The van der Waals surface area contributed by atoms with Crippen LogP contribution in [-0.2, 0) is 30.4 Å². The van der Waals surface area contributed by atoms with Crippen molar-refractivity contribution >= 4 is 29.6 Å². The summed E-state index contributed by atoms with van der Waals surface area (Å²) in [5.41, 5.74) is -0.0522. The molecule has 0 spiro atoms. The van der Waals surface area contributed by atoms with Crippen molar-refractivity contribution in [3.05, 3.63) is 35.9 Å². The summed E-state index contributed by atoms with van der Waals surface area (Å²) < 4.78 is 0. The Morgan fingerprint density at radius 1 is 1.00 bits per heavy atom. The number of hydrogen-bond acceptors (Lipinski definition) is 6. The maximum atomic E-state index is 14.0. The van der Waals surface area contributed by atoms with E-state index in [1.54, 1.807) is 14.0 Å². The number of hydrogen-bond donors (Lipinski definition) is 4. The summed E-state index contributed by atoms with van der Waals surface area (Å²) >= 11 is 0. The van der Waals surface area contributed by atoms with Gasteiger partial charge in [-0.2, -0.15) is 0 Å². The number of likely N-dealkylation sites (tertiary alicyclic amines) is 1. The van der Waals surface area contributed by atoms with Crippen LogP contribution in [0.25, 0.3) is 0 Å². The molecule has 4 amide bonds. The average Bonchev–Trinajstić information content (AvgIpc) is 3.00. The number of benzene rings is 1. The highest BCUT2D eigenvalue weighted by molar-refractivity contribution is 5.94. The molecule has 1 saturated heterocycles. The van der Waals surface area contributed by atoms with Gasteiger partial charge < -0.3 is 26.0 Å². The Morgan fingerprint density at radius 3 is 2.21 bits per heavy atom. The minimum atomic E-state index is -0.896. The summed E-state index contributed by atoms with van der Waals surface area (Å²) in [4.78, 5) is 69.8. The van der Waals surface area contributed by atoms with Gasteiger partial charge in [0, 0.05) is 18.6 Å². The van der Waals surface area contributed by atoms with E-state index in [1.165, 1.54) is 4.90 Å². The average molecular weight is 668 g/mol. The van der Waals surface area contributed by atoms with Gasteiger partial charge >= 0.3 is 5.97 Å². The van der Waals surface area contributed by atoms with Gasteiger partial charge in [-0.15, -0.1) is 0 Å². The maximum Gasteiger partial charge on any atom is 0.306 e. The number of amides is 4. The van der Waals surface area contributed by atoms with E-state index < -0.39 is 34.9 Å². The number of nitrogens with zero attached hydrogens (tertiary/aromatic N) is 2. The van der Waals surface area contributed by atoms with Crippen molar-refractivity contribution in [2.75, 3.05) is 20.6 Å². The lowest BCUT2D eigenvalue weighted by molar-refractivity contribution is -0.185. The number of piperidine rings is 1. The molecule has 0 radical (unpaired) electrons. The molecule has 3 saturated carbocycles. The van der Waals surface area contributed by atoms with E-state index in [4.69, 9.17) is 0 Å². The van der Waals surface area contributed by atoms with Crippen molar-refractivity contribution in [1.29, 1.82) is 0 Å². The SMILES string of the molecule is CCC(C)C(NC(=O)[C@H]1CCCCN1C)C(=O)N(C)C(C(=O)NC12CC(C(=O)NC(Cc3ccccc3)CC(C)C(=O)O)(C1)C2)C(C)C. The van der Waals surface area contributed by atoms with E-state index >= 15 is 0 Å². The Balaban J connectivity index is 1.37. The molecule has 3 aliphatic carbocycles. The maximum absolute atomic E-state index is 14.0. The van der Waals surface area contributed by atoms with E-state index in [1.807, 2.05) is 70.0 Å². The number of carboxylic acid groups (broad SMARTS) is 1. The highest BCUT2D eigenvalue weighted by atomic mass is 16.4. The van der Waals surface area contributed by atoms with Gasteiger partial charge in [0.15, 0.2) is 0 Å². The molecule has 2 bridgehead atoms. The summed E-state index contributed by atoms with van der Waals surface area (Å²) in [5, 5.41) is 18.9. The Morgan fingerprint density at radius 2 is 1.65 bits per heavy atom. The highest BCUT2D eigenvalue weighted by Gasteiger charge is 2.72. The van der Waals surface area contributed by atoms with E-state index in [9.17, 15) is 29.1 Å². The minimum absolute atomic E-state index is 0.0967. The van der Waals surface area contributed by atoms with Crippen LogP contribution >= 0.6 is 0 Å². The predicted octanol–water partition coefficient (Wildman–Crippen LogP) is 3.36. The Hall–Kier alpha value is -3.47. The van der Waals surface area contributed by atoms with E-state index in [-0.39, 0.29) is 47.5 Å². The van der Waals surface area contributed by atoms with Crippen LogP contribution in [0.4, 0.5) is 0 Å². The third-order valence-electron chi connectivity index (χ3n) is 11.1. The number of carbonyl (C=O) groups excluding carboxylic acids is 4. The van der Waals surface area contributed by atoms with Gasteiger partial charge in [-0.3, -0.25) is 28.9 Å². The first-order valence-electron chi connectivity index (χ1n) is 17.8. The number of carbonyl (C=O) groups is 5. The van der Waals surface area contributed by atoms with Gasteiger partial charge in [-0.05, 0) is 75.9 Å². The predicted molar refractivity (Wildman–Crippen MR) is 184 cm³/mol. The molecular weight excluding hydrogens is 610 g/mol. The molecule has 0 aromatic heterocycles. The van der Waals surface area contributed by atoms with Gasteiger partial charge in [0.2, 0.25) is 23.6 Å². The van der Waals surface area contributed by atoms with Crippen LogP contribution in [0, 0.1) is 23.2 Å². The first-order valence-corrected chi connectivity index (χ1v) is 17.8. The number of aliphatic carboxylic acids is 1. The fraction of sp³-hybridized carbons (Fsp3) is 0.703. The fourth-order valence-electron chi connectivity index (χ4n) is 8.08. The summed E-state index contributed by atoms with van der Waals surface area (Å²) in [6.07, 6.45) is 5.85. The second kappa shape index (κ2) is 15.4. The van der Waals surface area contributed by atoms with Gasteiger partial charge in [-0.25, -0.2) is 0 Å². The van der Waals surface area contributed by atoms with Crippen molar-refractivity contribution in [1.82, 2.24) is 25.8 Å². The summed E-state index contributed by atoms with van der Waals surface area (Å²) in [6, 6.07) is 7.63. The molecule has 4 aliphatic rings. The molecule has 1 aromatic rings. The second-order valence-corrected chi connectivity index (χ2v) is 15.4. The first-order chi connectivity index (χ1) is 22.6. The lowest BCUT2D eigenvalue weighted by Crippen LogP contribution is -2.79. The van der Waals surface area contributed by atoms with Crippen LogP contribution in [0.2, 0.25) is 0 Å². The monoisotopic (exact) mass is 667 g/mol. The number of nitrogens with one attached hydrogen (secondary N) is 3. The summed E-state index contributed by atoms with van der Waals surface area (Å²) in [7, 11) is 3.58. The zero-order chi connectivity index (χ0) is 35.4. The molecule has 1 aliphatic heterocycles. The lowest BCUT2D eigenvalue weighted by Gasteiger charge is -2.69. The van der Waals surface area contributed by atoms with Crippen molar-refractivity contribution in [3.8, 4) is 0 Å². The van der Waals surface area contributed by atoms with E-state index in [0.29, 0.717) is 38.5 Å². The third kappa shape index (κ3) is 8.21. The normalized spacial score (nSPS) is 26.5. The molecule has 48 heavy (non-hydrogen) atoms. The Labute approximate surface area is 285 Å². The minimum Gasteiger partial charge on any atom is -0.481 e. The van der Waals surface area contributed by atoms with Gasteiger partial charge in [0.25, 0.3) is 0 Å². The lowest BCUT2D eigenvalue weighted by atomic mass is 9.39. The van der Waals surface area contributed by atoms with Gasteiger partial charge in [0.1, 0.15) is 12.1 Å². The molecule has 11 nitrogen and oxygen atoms in total. The molecule has 11 heteroatoms. The Bertz CT molecular complexity index is 1310. The van der Waals surface area contributed by atoms with Crippen LogP contribution in [0.3, 0.4) is 0 Å². The second-order valence-electron chi connectivity index (χ2n) is 15.4. The standard InChI is InChI=1S/C37H57N5O6/c1-8-24(4)29(39-31(43)28-16-12-13-17-41(28)6)33(45)42(7)30(23(2)3)32(44)40-37-20-36(21-37,22-37)35(48)38-27(18-25(5)34(46)47)19-26-14-10-9-11-15-26/h9-11,14-15,23-25,27-30H,8,12-13,16-22H2,1-7H3,(H,38,48)(H,39,43)(H,40,44)(H,46,47)/t24?,25?,27?,28-,29?,30?,36?,37?/m1/s1. The first kappa shape index (κ1) is 37.4. The number of likely N-dealkylation sites (N-methyl/N-ethyl adjacent to an activating group) is 2. The topological polar surface area (TPSA) is 148 Å². The zero-order valence-electron chi connectivity index (χ0n) is 29.9. The molecule has 4 N–H and O–H groups in total. The van der Waals surface area contributed by atoms with Gasteiger partial charge in [-0.1, -0.05) is 77.8 Å². The summed E-state index contributed by atoms with van der Waals surface area (Å²) in [6.45, 7) is 10.2. The van der Waals surface area contributed by atoms with Crippen LogP contribution in [0.1, 0.15) is 91.5 Å². The van der Waals surface area contributed by atoms with Crippen LogP contribution in [-0.4, -0.2) is 94.9 Å². The zero-order valence-corrected chi connectivity index (χ0v) is 29.9. The molecule has 5 rings (SSSR count). The molecule has 1 heterocycles. The fourth-order valence-corrected chi connectivity index (χ4v) is 8.08. The molecule has 5 unspecified atom stereocenters. The van der Waals surface area contributed by atoms with Crippen molar-refractivity contribution in [3.63, 3.8) is 0 Å². The third-order valence-corrected chi connectivity index (χ3v) is 11.1. The van der Waals surface area contributed by atoms with E-state index in [2.05, 4.69) is 16.0 Å². The molecule has 4 fully saturated rings.